The van der Waals surface area contributed by atoms with Gasteiger partial charge in [-0.05, 0) is 37.0 Å². The summed E-state index contributed by atoms with van der Waals surface area (Å²) in [5, 5.41) is 0.631. The maximum Gasteiger partial charge on any atom is 0.262 e. The van der Waals surface area contributed by atoms with Gasteiger partial charge in [-0.1, -0.05) is 42.5 Å². The van der Waals surface area contributed by atoms with E-state index in [0.29, 0.717) is 49.3 Å². The van der Waals surface area contributed by atoms with Crippen molar-refractivity contribution in [1.82, 2.24) is 9.55 Å². The van der Waals surface area contributed by atoms with Crippen molar-refractivity contribution in [3.8, 4) is 0 Å². The third-order valence-corrected chi connectivity index (χ3v) is 5.49. The Balaban J connectivity index is 1.69. The molecule has 0 spiro atoms. The van der Waals surface area contributed by atoms with E-state index in [1.165, 1.54) is 5.56 Å². The van der Waals surface area contributed by atoms with Crippen LogP contribution < -0.4 is 16.2 Å². The molecule has 0 bridgehead atoms. The molecule has 28 heavy (non-hydrogen) atoms. The van der Waals surface area contributed by atoms with Gasteiger partial charge in [0.1, 0.15) is 0 Å². The van der Waals surface area contributed by atoms with Gasteiger partial charge in [0.2, 0.25) is 11.9 Å². The summed E-state index contributed by atoms with van der Waals surface area (Å²) in [6.45, 7) is 1.90. The molecule has 0 radical (unpaired) electrons. The van der Waals surface area contributed by atoms with Gasteiger partial charge in [-0.2, -0.15) is 0 Å². The zero-order valence-electron chi connectivity index (χ0n) is 15.8. The predicted molar refractivity (Wildman–Crippen MR) is 110 cm³/mol. The van der Waals surface area contributed by atoms with Crippen molar-refractivity contribution in [2.75, 3.05) is 18.0 Å². The highest BCUT2D eigenvalue weighted by Gasteiger charge is 2.26. The summed E-state index contributed by atoms with van der Waals surface area (Å²) in [5.41, 5.74) is 7.33. The first-order chi connectivity index (χ1) is 13.6. The number of aromatic nitrogens is 2. The second kappa shape index (κ2) is 7.84. The van der Waals surface area contributed by atoms with E-state index in [2.05, 4.69) is 17.0 Å². The fraction of sp³-hybridized carbons (Fsp3) is 0.318. The normalized spacial score (nSPS) is 15.1. The van der Waals surface area contributed by atoms with Crippen LogP contribution in [0.5, 0.6) is 0 Å². The molecule has 1 aromatic heterocycles. The number of hydrogen-bond acceptors (Lipinski definition) is 4. The fourth-order valence-corrected chi connectivity index (χ4v) is 3.85. The van der Waals surface area contributed by atoms with Crippen LogP contribution in [0.4, 0.5) is 5.95 Å². The van der Waals surface area contributed by atoms with Crippen molar-refractivity contribution in [3.05, 3.63) is 70.5 Å². The molecule has 1 fully saturated rings. The quantitative estimate of drug-likeness (QED) is 0.741. The average molecular weight is 376 g/mol. The van der Waals surface area contributed by atoms with Gasteiger partial charge in [0.05, 0.1) is 10.9 Å². The molecule has 3 aromatic rings. The van der Waals surface area contributed by atoms with E-state index in [9.17, 15) is 9.59 Å². The van der Waals surface area contributed by atoms with Gasteiger partial charge in [0.15, 0.2) is 0 Å². The Bertz CT molecular complexity index is 1040. The van der Waals surface area contributed by atoms with Crippen molar-refractivity contribution in [1.29, 1.82) is 0 Å². The summed E-state index contributed by atoms with van der Waals surface area (Å²) in [6.07, 6.45) is 2.14. The number of hydrogen-bond donors (Lipinski definition) is 1. The Kier molecular flexibility index (Phi) is 5.10. The van der Waals surface area contributed by atoms with Crippen LogP contribution in [-0.2, 0) is 17.8 Å². The van der Waals surface area contributed by atoms with Gasteiger partial charge in [0, 0.05) is 25.6 Å². The van der Waals surface area contributed by atoms with Gasteiger partial charge < -0.3 is 10.6 Å². The Morgan fingerprint density at radius 2 is 1.71 bits per heavy atom. The van der Waals surface area contributed by atoms with Crippen molar-refractivity contribution in [3.63, 3.8) is 0 Å². The maximum absolute atomic E-state index is 13.2. The molecule has 1 saturated heterocycles. The van der Waals surface area contributed by atoms with Crippen LogP contribution in [0.15, 0.2) is 59.4 Å². The van der Waals surface area contributed by atoms with Crippen LogP contribution in [0.2, 0.25) is 0 Å². The topological polar surface area (TPSA) is 81.2 Å². The molecule has 144 valence electrons. The van der Waals surface area contributed by atoms with E-state index in [1.54, 1.807) is 4.57 Å². The monoisotopic (exact) mass is 376 g/mol. The van der Waals surface area contributed by atoms with Gasteiger partial charge in [-0.3, -0.25) is 14.2 Å². The number of nitrogens with two attached hydrogens (primary N) is 1. The molecule has 0 atom stereocenters. The first-order valence-electron chi connectivity index (χ1n) is 9.71. The molecular weight excluding hydrogens is 352 g/mol. The number of benzene rings is 2. The molecule has 0 aliphatic carbocycles. The Morgan fingerprint density at radius 1 is 1.04 bits per heavy atom. The highest BCUT2D eigenvalue weighted by molar-refractivity contribution is 5.79. The van der Waals surface area contributed by atoms with Gasteiger partial charge in [-0.25, -0.2) is 4.98 Å². The number of piperidine rings is 1. The number of carbonyl (C=O) groups excluding carboxylic acids is 1. The number of amides is 1. The van der Waals surface area contributed by atoms with E-state index in [1.807, 2.05) is 42.5 Å². The van der Waals surface area contributed by atoms with Gasteiger partial charge in [0.25, 0.3) is 5.56 Å². The summed E-state index contributed by atoms with van der Waals surface area (Å²) >= 11 is 0. The standard InChI is InChI=1S/C22H24N4O2/c23-20(27)17-11-13-25(14-12-17)22-24-19-9-5-4-8-18(19)21(28)26(22)15-10-16-6-2-1-3-7-16/h1-9,17H,10-15H2,(H2,23,27). The van der Waals surface area contributed by atoms with E-state index in [4.69, 9.17) is 10.7 Å². The van der Waals surface area contributed by atoms with E-state index >= 15 is 0 Å². The second-order valence-electron chi connectivity index (χ2n) is 7.29. The molecule has 4 rings (SSSR count). The highest BCUT2D eigenvalue weighted by atomic mass is 16.1. The third kappa shape index (κ3) is 3.63. The largest absolute Gasteiger partial charge is 0.369 e. The predicted octanol–water partition coefficient (Wildman–Crippen LogP) is 2.34. The van der Waals surface area contributed by atoms with Gasteiger partial charge >= 0.3 is 0 Å². The van der Waals surface area contributed by atoms with Gasteiger partial charge in [-0.15, -0.1) is 0 Å². The number of fused-ring (bicyclic) bond motifs is 1. The lowest BCUT2D eigenvalue weighted by Gasteiger charge is -2.32. The number of nitrogens with zero attached hydrogens (tertiary/aromatic N) is 3. The first-order valence-corrected chi connectivity index (χ1v) is 9.71. The van der Waals surface area contributed by atoms with Crippen LogP contribution >= 0.6 is 0 Å². The molecule has 6 heteroatoms. The SMILES string of the molecule is NC(=O)C1CCN(c2nc3ccccc3c(=O)n2CCc2ccccc2)CC1. The molecule has 6 nitrogen and oxygen atoms in total. The van der Waals surface area contributed by atoms with E-state index < -0.39 is 0 Å². The summed E-state index contributed by atoms with van der Waals surface area (Å²) < 4.78 is 1.78. The van der Waals surface area contributed by atoms with Crippen LogP contribution in [0, 0.1) is 5.92 Å². The summed E-state index contributed by atoms with van der Waals surface area (Å²) in [5.74, 6) is 0.344. The first kappa shape index (κ1) is 18.2. The molecule has 2 N–H and O–H groups in total. The number of anilines is 1. The van der Waals surface area contributed by atoms with Crippen molar-refractivity contribution in [2.24, 2.45) is 11.7 Å². The summed E-state index contributed by atoms with van der Waals surface area (Å²) in [7, 11) is 0. The van der Waals surface area contributed by atoms with Crippen LogP contribution in [0.25, 0.3) is 10.9 Å². The van der Waals surface area contributed by atoms with Crippen LogP contribution in [0.1, 0.15) is 18.4 Å². The average Bonchev–Trinajstić information content (AvgIpc) is 2.74. The molecule has 2 aromatic carbocycles. The molecule has 0 saturated carbocycles. The lowest BCUT2D eigenvalue weighted by molar-refractivity contribution is -0.122. The minimum atomic E-state index is -0.243. The molecule has 1 aliphatic heterocycles. The minimum Gasteiger partial charge on any atom is -0.369 e. The van der Waals surface area contributed by atoms with Crippen molar-refractivity contribution >= 4 is 22.8 Å². The smallest absolute Gasteiger partial charge is 0.262 e. The Hall–Kier alpha value is -3.15. The third-order valence-electron chi connectivity index (χ3n) is 5.49. The number of carbonyl (C=O) groups is 1. The molecule has 1 amide bonds. The zero-order valence-corrected chi connectivity index (χ0v) is 15.8. The molecular formula is C22H24N4O2. The number of primary amides is 1. The zero-order chi connectivity index (χ0) is 19.5. The van der Waals surface area contributed by atoms with Crippen molar-refractivity contribution in [2.45, 2.75) is 25.8 Å². The van der Waals surface area contributed by atoms with Crippen molar-refractivity contribution < 1.29 is 4.79 Å². The highest BCUT2D eigenvalue weighted by Crippen LogP contribution is 2.23. The lowest BCUT2D eigenvalue weighted by atomic mass is 9.96. The number of rotatable bonds is 5. The fourth-order valence-electron chi connectivity index (χ4n) is 3.85. The lowest BCUT2D eigenvalue weighted by Crippen LogP contribution is -2.41. The second-order valence-corrected chi connectivity index (χ2v) is 7.29. The number of para-hydroxylation sites is 1. The number of aryl methyl sites for hydroxylation is 1. The van der Waals surface area contributed by atoms with E-state index in [-0.39, 0.29) is 17.4 Å². The summed E-state index contributed by atoms with van der Waals surface area (Å²) in [6, 6.07) is 17.6. The molecule has 2 heterocycles. The van der Waals surface area contributed by atoms with Crippen LogP contribution in [0.3, 0.4) is 0 Å². The maximum atomic E-state index is 13.2. The van der Waals surface area contributed by atoms with Crippen LogP contribution in [-0.4, -0.2) is 28.5 Å². The minimum absolute atomic E-state index is 0.0199. The Morgan fingerprint density at radius 3 is 2.43 bits per heavy atom. The Labute approximate surface area is 163 Å². The molecule has 1 aliphatic rings. The molecule has 0 unspecified atom stereocenters. The van der Waals surface area contributed by atoms with E-state index in [0.717, 1.165) is 6.42 Å². The summed E-state index contributed by atoms with van der Waals surface area (Å²) in [4.78, 5) is 31.6.